The van der Waals surface area contributed by atoms with E-state index in [4.69, 9.17) is 26.3 Å². The summed E-state index contributed by atoms with van der Waals surface area (Å²) in [5.74, 6) is 0.875. The molecule has 1 aromatic carbocycles. The molecular weight excluding hydrogens is 462 g/mol. The number of amides is 1. The Balaban J connectivity index is 1.69. The first-order valence-corrected chi connectivity index (χ1v) is 12.3. The first-order chi connectivity index (χ1) is 17.0. The van der Waals surface area contributed by atoms with E-state index >= 15 is 0 Å². The van der Waals surface area contributed by atoms with Gasteiger partial charge in [0.05, 0.1) is 19.3 Å². The van der Waals surface area contributed by atoms with Gasteiger partial charge in [-0.2, -0.15) is 9.97 Å². The number of aromatic nitrogens is 2. The number of carbonyl (C=O) groups excluding carboxylic acids is 1. The van der Waals surface area contributed by atoms with Gasteiger partial charge in [-0.25, -0.2) is 0 Å². The van der Waals surface area contributed by atoms with Crippen LogP contribution in [0.2, 0.25) is 0 Å². The van der Waals surface area contributed by atoms with Crippen molar-refractivity contribution in [3.05, 3.63) is 65.9 Å². The molecule has 0 aliphatic carbocycles. The Kier molecular flexibility index (Phi) is 7.76. The lowest BCUT2D eigenvalue weighted by Gasteiger charge is -2.36. The minimum Gasteiger partial charge on any atom is -0.467 e. The maximum Gasteiger partial charge on any atom is 0.318 e. The van der Waals surface area contributed by atoms with Crippen molar-refractivity contribution < 1.29 is 9.53 Å². The summed E-state index contributed by atoms with van der Waals surface area (Å²) < 4.78 is 5.49. The van der Waals surface area contributed by atoms with E-state index in [0.717, 1.165) is 53.3 Å². The molecule has 184 valence electrons. The molecule has 1 amide bonds. The third-order valence-corrected chi connectivity index (χ3v) is 6.72. The molecule has 7 nitrogen and oxygen atoms in total. The van der Waals surface area contributed by atoms with Crippen LogP contribution in [0.5, 0.6) is 6.01 Å². The second kappa shape index (κ2) is 11.0. The first kappa shape index (κ1) is 24.8. The zero-order chi connectivity index (χ0) is 24.9. The molecule has 3 heterocycles. The van der Waals surface area contributed by atoms with Crippen molar-refractivity contribution in [2.45, 2.75) is 26.3 Å². The zero-order valence-corrected chi connectivity index (χ0v) is 21.2. The molecule has 1 fully saturated rings. The number of fused-ring (bicyclic) bond motifs is 1. The average Bonchev–Trinajstić information content (AvgIpc) is 3.10. The summed E-state index contributed by atoms with van der Waals surface area (Å²) in [4.78, 5) is 27.9. The van der Waals surface area contributed by atoms with Crippen LogP contribution in [0.3, 0.4) is 0 Å². The Bertz CT molecular complexity index is 1150. The molecule has 0 saturated carbocycles. The number of hydrogen-bond acceptors (Lipinski definition) is 6. The summed E-state index contributed by atoms with van der Waals surface area (Å²) in [6.07, 6.45) is 7.25. The van der Waals surface area contributed by atoms with E-state index in [9.17, 15) is 4.79 Å². The van der Waals surface area contributed by atoms with E-state index < -0.39 is 0 Å². The molecule has 8 heteroatoms. The Morgan fingerprint density at radius 2 is 1.91 bits per heavy atom. The van der Waals surface area contributed by atoms with Crippen molar-refractivity contribution in [3.8, 4) is 6.01 Å². The highest BCUT2D eigenvalue weighted by molar-refractivity contribution is 6.49. The number of hydrogen-bond donors (Lipinski definition) is 0. The summed E-state index contributed by atoms with van der Waals surface area (Å²) in [6.45, 7) is 13.8. The van der Waals surface area contributed by atoms with E-state index in [1.165, 1.54) is 6.08 Å². The molecule has 1 saturated heterocycles. The molecule has 0 N–H and O–H groups in total. The van der Waals surface area contributed by atoms with E-state index in [-0.39, 0.29) is 5.91 Å². The van der Waals surface area contributed by atoms with Gasteiger partial charge in [-0.3, -0.25) is 4.79 Å². The standard InChI is InChI=1S/C27H32ClN5O2/c1-5-9-20-10-7-12-23(25(20)19(3)28)33-13-8-11-21-22(18-33)29-27(35-4)30-26(21)32-16-14-31(15-17-32)24(34)6-2/h5-7,9-10,12H,2-3,8,11,13-18H2,1,4H3/b9-5-. The fourth-order valence-corrected chi connectivity index (χ4v) is 5.06. The summed E-state index contributed by atoms with van der Waals surface area (Å²) in [7, 11) is 1.59. The number of piperazine rings is 1. The Hall–Kier alpha value is -3.32. The molecule has 0 unspecified atom stereocenters. The number of ether oxygens (including phenoxy) is 1. The predicted octanol–water partition coefficient (Wildman–Crippen LogP) is 4.52. The molecule has 2 aliphatic rings. The van der Waals surface area contributed by atoms with Crippen LogP contribution >= 0.6 is 11.6 Å². The second-order valence-corrected chi connectivity index (χ2v) is 9.10. The number of allylic oxidation sites excluding steroid dienone is 1. The van der Waals surface area contributed by atoms with Crippen molar-refractivity contribution >= 4 is 40.1 Å². The topological polar surface area (TPSA) is 61.8 Å². The maximum absolute atomic E-state index is 12.0. The highest BCUT2D eigenvalue weighted by Crippen LogP contribution is 2.36. The molecule has 2 aliphatic heterocycles. The van der Waals surface area contributed by atoms with Crippen LogP contribution in [0.25, 0.3) is 11.1 Å². The number of carbonyl (C=O) groups is 1. The molecule has 2 aromatic rings. The van der Waals surface area contributed by atoms with Gasteiger partial charge >= 0.3 is 6.01 Å². The summed E-state index contributed by atoms with van der Waals surface area (Å²) >= 11 is 6.49. The predicted molar refractivity (Wildman–Crippen MR) is 143 cm³/mol. The van der Waals surface area contributed by atoms with Crippen LogP contribution in [0.4, 0.5) is 11.5 Å². The number of anilines is 2. The fraction of sp³-hybridized carbons (Fsp3) is 0.370. The lowest BCUT2D eigenvalue weighted by atomic mass is 10.0. The van der Waals surface area contributed by atoms with Crippen LogP contribution in [-0.4, -0.2) is 60.6 Å². The van der Waals surface area contributed by atoms with Crippen LogP contribution in [0.15, 0.2) is 43.5 Å². The average molecular weight is 494 g/mol. The van der Waals surface area contributed by atoms with Crippen molar-refractivity contribution in [1.29, 1.82) is 0 Å². The van der Waals surface area contributed by atoms with Gasteiger partial charge in [-0.05, 0) is 37.5 Å². The minimum atomic E-state index is -0.0313. The molecule has 0 spiro atoms. The van der Waals surface area contributed by atoms with Crippen molar-refractivity contribution in [2.24, 2.45) is 0 Å². The summed E-state index contributed by atoms with van der Waals surface area (Å²) in [5, 5.41) is 0.520. The van der Waals surface area contributed by atoms with E-state index in [0.29, 0.717) is 43.8 Å². The number of methoxy groups -OCH3 is 1. The van der Waals surface area contributed by atoms with Crippen LogP contribution < -0.4 is 14.5 Å². The van der Waals surface area contributed by atoms with Crippen LogP contribution in [0.1, 0.15) is 35.7 Å². The largest absolute Gasteiger partial charge is 0.467 e. The normalized spacial score (nSPS) is 16.1. The third-order valence-electron chi connectivity index (χ3n) is 6.53. The van der Waals surface area contributed by atoms with Gasteiger partial charge in [0.1, 0.15) is 5.82 Å². The van der Waals surface area contributed by atoms with Gasteiger partial charge in [0.2, 0.25) is 5.91 Å². The summed E-state index contributed by atoms with van der Waals surface area (Å²) in [6, 6.07) is 6.55. The SMILES string of the molecule is C=CC(=O)N1CCN(c2nc(OC)nc3c2CCCN(c2cccc(/C=C\C)c2C(=C)Cl)C3)CC1. The molecule has 1 aromatic heterocycles. The number of nitrogens with zero attached hydrogens (tertiary/aromatic N) is 5. The Morgan fingerprint density at radius 1 is 1.14 bits per heavy atom. The van der Waals surface area contributed by atoms with Crippen LogP contribution in [0, 0.1) is 0 Å². The van der Waals surface area contributed by atoms with Crippen molar-refractivity contribution in [3.63, 3.8) is 0 Å². The van der Waals surface area contributed by atoms with Gasteiger partial charge in [0.15, 0.2) is 0 Å². The maximum atomic E-state index is 12.0. The third kappa shape index (κ3) is 5.20. The quantitative estimate of drug-likeness (QED) is 0.551. The second-order valence-electron chi connectivity index (χ2n) is 8.65. The van der Waals surface area contributed by atoms with Gasteiger partial charge in [-0.15, -0.1) is 0 Å². The lowest BCUT2D eigenvalue weighted by Crippen LogP contribution is -2.49. The first-order valence-electron chi connectivity index (χ1n) is 11.9. The molecule has 4 rings (SSSR count). The highest BCUT2D eigenvalue weighted by Gasteiger charge is 2.28. The Morgan fingerprint density at radius 3 is 2.57 bits per heavy atom. The molecule has 0 radical (unpaired) electrons. The lowest BCUT2D eigenvalue weighted by molar-refractivity contribution is -0.126. The fourth-order valence-electron chi connectivity index (χ4n) is 4.85. The summed E-state index contributed by atoms with van der Waals surface area (Å²) in [5.41, 5.74) is 5.13. The van der Waals surface area contributed by atoms with E-state index in [1.807, 2.05) is 17.9 Å². The zero-order valence-electron chi connectivity index (χ0n) is 20.5. The van der Waals surface area contributed by atoms with Gasteiger partial charge < -0.3 is 19.4 Å². The Labute approximate surface area is 212 Å². The molecule has 0 atom stereocenters. The number of halogens is 1. The molecule has 0 bridgehead atoms. The van der Waals surface area contributed by atoms with E-state index in [2.05, 4.69) is 47.2 Å². The number of rotatable bonds is 6. The smallest absolute Gasteiger partial charge is 0.318 e. The monoisotopic (exact) mass is 493 g/mol. The van der Waals surface area contributed by atoms with Crippen LogP contribution in [-0.2, 0) is 17.8 Å². The van der Waals surface area contributed by atoms with Gasteiger partial charge in [-0.1, -0.05) is 49.0 Å². The van der Waals surface area contributed by atoms with Gasteiger partial charge in [0.25, 0.3) is 0 Å². The number of benzene rings is 1. The minimum absolute atomic E-state index is 0.0313. The highest BCUT2D eigenvalue weighted by atomic mass is 35.5. The molecular formula is C27H32ClN5O2. The van der Waals surface area contributed by atoms with Gasteiger partial charge in [0, 0.05) is 54.6 Å². The van der Waals surface area contributed by atoms with Crippen molar-refractivity contribution in [2.75, 3.05) is 49.6 Å². The van der Waals surface area contributed by atoms with Crippen molar-refractivity contribution in [1.82, 2.24) is 14.9 Å². The van der Waals surface area contributed by atoms with E-state index in [1.54, 1.807) is 7.11 Å². The molecule has 35 heavy (non-hydrogen) atoms.